The first-order chi connectivity index (χ1) is 21.9. The van der Waals surface area contributed by atoms with Gasteiger partial charge in [-0.1, -0.05) is 31.0 Å². The summed E-state index contributed by atoms with van der Waals surface area (Å²) in [5, 5.41) is 12.8. The van der Waals surface area contributed by atoms with Crippen LogP contribution in [0, 0.1) is 22.0 Å². The maximum atomic E-state index is 13.2. The van der Waals surface area contributed by atoms with Crippen molar-refractivity contribution in [2.45, 2.75) is 67.0 Å². The third kappa shape index (κ3) is 4.88. The van der Waals surface area contributed by atoms with E-state index in [2.05, 4.69) is 9.97 Å². The number of amides is 2. The lowest BCUT2D eigenvalue weighted by Gasteiger charge is -2.19. The predicted molar refractivity (Wildman–Crippen MR) is 175 cm³/mol. The van der Waals surface area contributed by atoms with Gasteiger partial charge in [0.15, 0.2) is 4.34 Å². The summed E-state index contributed by atoms with van der Waals surface area (Å²) in [4.78, 5) is 67.0. The number of nitrogens with zero attached hydrogens (tertiary/aromatic N) is 4. The number of anilines is 1. The molecule has 2 fully saturated rings. The van der Waals surface area contributed by atoms with Crippen LogP contribution in [0.2, 0.25) is 0 Å². The Morgan fingerprint density at radius 2 is 1.69 bits per heavy atom. The number of benzene rings is 2. The number of H-pyrrole nitrogens is 1. The molecule has 45 heavy (non-hydrogen) atoms. The zero-order chi connectivity index (χ0) is 30.8. The lowest BCUT2D eigenvalue weighted by molar-refractivity contribution is -0.387. The quantitative estimate of drug-likeness (QED) is 0.0901. The van der Waals surface area contributed by atoms with Crippen molar-refractivity contribution in [3.63, 3.8) is 0 Å². The fourth-order valence-corrected chi connectivity index (χ4v) is 10.4. The summed E-state index contributed by atoms with van der Waals surface area (Å²) < 4.78 is 1.38. The van der Waals surface area contributed by atoms with Gasteiger partial charge in [-0.15, -0.1) is 22.7 Å². The largest absolute Gasteiger partial charge is 0.306 e. The number of carbonyl (C=O) groups excluding carboxylic acids is 2. The fraction of sp³-hybridized carbons (Fsp3) is 0.344. The molecule has 13 heteroatoms. The van der Waals surface area contributed by atoms with Crippen molar-refractivity contribution in [1.29, 1.82) is 0 Å². The molecular weight excluding hydrogens is 631 g/mol. The van der Waals surface area contributed by atoms with Crippen molar-refractivity contribution in [2.24, 2.45) is 11.8 Å². The number of carbonyl (C=O) groups is 2. The molecule has 5 aromatic rings. The van der Waals surface area contributed by atoms with Gasteiger partial charge >= 0.3 is 0 Å². The topological polar surface area (TPSA) is 139 Å². The minimum atomic E-state index is -0.439. The molecule has 2 aliphatic carbocycles. The summed E-state index contributed by atoms with van der Waals surface area (Å²) in [5.74, 6) is -0.394. The van der Waals surface area contributed by atoms with E-state index in [-0.39, 0.29) is 34.9 Å². The number of nitro groups is 1. The molecule has 1 saturated heterocycles. The van der Waals surface area contributed by atoms with Crippen LogP contribution in [0.4, 0.5) is 11.4 Å². The highest BCUT2D eigenvalue weighted by Crippen LogP contribution is 2.43. The van der Waals surface area contributed by atoms with Crippen LogP contribution >= 0.6 is 34.4 Å². The SMILES string of the molecule is O=C1[C@H]2CCCC[C@@H]2C(=O)N1c1ccc2nc(Sc3ccc(-c4nc5sc6c(c5c(=O)[nH]4)CCCCC6)cc3[N+](=O)[O-])sc2c1. The zero-order valence-electron chi connectivity index (χ0n) is 24.0. The normalized spacial score (nSPS) is 20.0. The molecule has 8 rings (SSSR count). The van der Waals surface area contributed by atoms with Gasteiger partial charge in [-0.3, -0.25) is 29.4 Å². The van der Waals surface area contributed by atoms with Gasteiger partial charge in [-0.05, 0) is 74.4 Å². The van der Waals surface area contributed by atoms with Crippen LogP contribution in [0.15, 0.2) is 50.4 Å². The van der Waals surface area contributed by atoms with Gasteiger partial charge in [0.2, 0.25) is 11.8 Å². The van der Waals surface area contributed by atoms with Crippen LogP contribution in [-0.2, 0) is 22.4 Å². The van der Waals surface area contributed by atoms with Gasteiger partial charge in [0, 0.05) is 16.5 Å². The molecule has 3 aliphatic rings. The Labute approximate surface area is 269 Å². The van der Waals surface area contributed by atoms with Crippen molar-refractivity contribution < 1.29 is 14.5 Å². The van der Waals surface area contributed by atoms with E-state index < -0.39 is 4.92 Å². The number of imide groups is 1. The molecule has 3 aromatic heterocycles. The first kappa shape index (κ1) is 28.5. The molecule has 228 valence electrons. The smallest absolute Gasteiger partial charge is 0.284 e. The monoisotopic (exact) mass is 657 g/mol. The summed E-state index contributed by atoms with van der Waals surface area (Å²) in [6.07, 6.45) is 8.58. The molecule has 10 nitrogen and oxygen atoms in total. The van der Waals surface area contributed by atoms with Crippen molar-refractivity contribution in [2.75, 3.05) is 4.90 Å². The summed E-state index contributed by atoms with van der Waals surface area (Å²) >= 11 is 4.09. The lowest BCUT2D eigenvalue weighted by atomic mass is 9.81. The Kier molecular flexibility index (Phi) is 7.06. The van der Waals surface area contributed by atoms with Crippen molar-refractivity contribution in [1.82, 2.24) is 15.0 Å². The lowest BCUT2D eigenvalue weighted by Crippen LogP contribution is -2.30. The van der Waals surface area contributed by atoms with Crippen LogP contribution in [0.3, 0.4) is 0 Å². The van der Waals surface area contributed by atoms with Gasteiger partial charge in [0.25, 0.3) is 11.2 Å². The average molecular weight is 658 g/mol. The van der Waals surface area contributed by atoms with E-state index in [1.807, 2.05) is 6.07 Å². The standard InChI is InChI=1S/C32H27N5O5S3/c38-28-26-20-8-2-1-3-9-23(20)43-29(26)35-27(34-28)16-10-13-24(22(14-16)37(41)42)44-32-33-21-12-11-17(15-25(21)45-32)36-30(39)18-6-4-5-7-19(18)31(36)40/h10-15,18-19H,1-9H2,(H,34,35,38)/t18-,19-/m0/s1. The van der Waals surface area contributed by atoms with Crippen LogP contribution in [0.1, 0.15) is 55.4 Å². The second kappa shape index (κ2) is 11.1. The number of aromatic nitrogens is 3. The van der Waals surface area contributed by atoms with E-state index in [1.54, 1.807) is 35.6 Å². The first-order valence-corrected chi connectivity index (χ1v) is 17.6. The number of aryl methyl sites for hydroxylation is 2. The number of nitro benzene ring substituents is 1. The molecule has 1 N–H and O–H groups in total. The third-order valence-electron chi connectivity index (χ3n) is 9.15. The predicted octanol–water partition coefficient (Wildman–Crippen LogP) is 7.27. The molecule has 0 unspecified atom stereocenters. The molecule has 1 aliphatic heterocycles. The summed E-state index contributed by atoms with van der Waals surface area (Å²) in [6.45, 7) is 0. The molecule has 0 bridgehead atoms. The highest BCUT2D eigenvalue weighted by atomic mass is 32.2. The van der Waals surface area contributed by atoms with Gasteiger partial charge < -0.3 is 4.98 Å². The number of thiophene rings is 1. The Hall–Kier alpha value is -3.94. The molecule has 2 aromatic carbocycles. The van der Waals surface area contributed by atoms with Gasteiger partial charge in [0.1, 0.15) is 10.7 Å². The molecule has 0 spiro atoms. The number of hydrogen-bond donors (Lipinski definition) is 1. The molecule has 0 radical (unpaired) electrons. The van der Waals surface area contributed by atoms with E-state index in [0.717, 1.165) is 68.1 Å². The van der Waals surface area contributed by atoms with E-state index >= 15 is 0 Å². The molecule has 4 heterocycles. The Balaban J connectivity index is 1.09. The number of fused-ring (bicyclic) bond motifs is 5. The van der Waals surface area contributed by atoms with Gasteiger partial charge in [-0.2, -0.15) is 0 Å². The van der Waals surface area contributed by atoms with E-state index in [4.69, 9.17) is 4.98 Å². The fourth-order valence-electron chi connectivity index (χ4n) is 6.96. The highest BCUT2D eigenvalue weighted by molar-refractivity contribution is 8.01. The maximum Gasteiger partial charge on any atom is 0.284 e. The Morgan fingerprint density at radius 1 is 0.911 bits per heavy atom. The van der Waals surface area contributed by atoms with Crippen LogP contribution in [-0.4, -0.2) is 31.7 Å². The second-order valence-corrected chi connectivity index (χ2v) is 15.2. The Morgan fingerprint density at radius 3 is 2.47 bits per heavy atom. The summed E-state index contributed by atoms with van der Waals surface area (Å²) in [5.41, 5.74) is 2.47. The number of nitrogens with one attached hydrogen (secondary N) is 1. The maximum absolute atomic E-state index is 13.2. The van der Waals surface area contributed by atoms with Gasteiger partial charge in [-0.25, -0.2) is 9.97 Å². The number of rotatable bonds is 5. The van der Waals surface area contributed by atoms with E-state index in [1.165, 1.54) is 38.9 Å². The van der Waals surface area contributed by atoms with E-state index in [9.17, 15) is 24.5 Å². The van der Waals surface area contributed by atoms with Crippen LogP contribution < -0.4 is 10.5 Å². The number of thiazole rings is 1. The molecular formula is C32H27N5O5S3. The van der Waals surface area contributed by atoms with Crippen molar-refractivity contribution in [3.05, 3.63) is 67.3 Å². The Bertz CT molecular complexity index is 2090. The van der Waals surface area contributed by atoms with E-state index in [0.29, 0.717) is 42.0 Å². The molecule has 2 atom stereocenters. The third-order valence-corrected chi connectivity index (χ3v) is 12.5. The van der Waals surface area contributed by atoms with Crippen LogP contribution in [0.25, 0.3) is 31.8 Å². The first-order valence-electron chi connectivity index (χ1n) is 15.2. The van der Waals surface area contributed by atoms with Crippen LogP contribution in [0.5, 0.6) is 0 Å². The minimum Gasteiger partial charge on any atom is -0.306 e. The second-order valence-electron chi connectivity index (χ2n) is 11.8. The van der Waals surface area contributed by atoms with Crippen molar-refractivity contribution >= 4 is 78.1 Å². The number of aromatic amines is 1. The molecule has 2 amide bonds. The number of hydrogen-bond acceptors (Lipinski definition) is 10. The highest BCUT2D eigenvalue weighted by Gasteiger charge is 2.48. The van der Waals surface area contributed by atoms with Crippen molar-refractivity contribution in [3.8, 4) is 11.4 Å². The average Bonchev–Trinajstić information content (AvgIpc) is 3.61. The summed E-state index contributed by atoms with van der Waals surface area (Å²) in [6, 6.07) is 10.2. The zero-order valence-corrected chi connectivity index (χ0v) is 26.5. The summed E-state index contributed by atoms with van der Waals surface area (Å²) in [7, 11) is 0. The van der Waals surface area contributed by atoms with Gasteiger partial charge in [0.05, 0.1) is 42.9 Å². The molecule has 1 saturated carbocycles. The minimum absolute atomic E-state index is 0.113.